The van der Waals surface area contributed by atoms with Gasteiger partial charge in [0.25, 0.3) is 0 Å². The predicted molar refractivity (Wildman–Crippen MR) is 111 cm³/mol. The number of piperazine rings is 1. The molecule has 2 heterocycles. The summed E-state index contributed by atoms with van der Waals surface area (Å²) >= 11 is 6.20. The van der Waals surface area contributed by atoms with Gasteiger partial charge >= 0.3 is 0 Å². The fourth-order valence-corrected chi connectivity index (χ4v) is 4.49. The number of nitrogens with zero attached hydrogens (tertiary/aromatic N) is 2. The van der Waals surface area contributed by atoms with Crippen LogP contribution in [0.1, 0.15) is 31.0 Å². The maximum Gasteiger partial charge on any atom is 0.0568 e. The summed E-state index contributed by atoms with van der Waals surface area (Å²) in [6.07, 6.45) is 1.03. The van der Waals surface area contributed by atoms with E-state index in [4.69, 9.17) is 11.6 Å². The van der Waals surface area contributed by atoms with Crippen LogP contribution in [0, 0.1) is 5.41 Å². The first-order valence-corrected chi connectivity index (χ1v) is 9.89. The number of anilines is 2. The number of fused-ring (bicyclic) bond motifs is 1. The Morgan fingerprint density at radius 1 is 1.04 bits per heavy atom. The average Bonchev–Trinajstić information content (AvgIpc) is 2.61. The van der Waals surface area contributed by atoms with E-state index in [-0.39, 0.29) is 5.41 Å². The van der Waals surface area contributed by atoms with Crippen molar-refractivity contribution in [1.82, 2.24) is 4.90 Å². The minimum absolute atomic E-state index is 0.123. The molecule has 0 bridgehead atoms. The highest BCUT2D eigenvalue weighted by molar-refractivity contribution is 6.30. The summed E-state index contributed by atoms with van der Waals surface area (Å²) in [5.74, 6) is 0. The summed E-state index contributed by atoms with van der Waals surface area (Å²) in [6.45, 7) is 9.15. The fourth-order valence-electron chi connectivity index (χ4n) is 4.29. The Hall–Kier alpha value is -1.71. The van der Waals surface area contributed by atoms with Crippen molar-refractivity contribution in [2.45, 2.75) is 26.3 Å². The third kappa shape index (κ3) is 3.43. The molecule has 2 aromatic rings. The number of hydrogen-bond donors (Lipinski definition) is 1. The molecular formula is C22H28ClN3. The first-order chi connectivity index (χ1) is 12.4. The Bertz CT molecular complexity index is 794. The fraction of sp³-hybridized carbons (Fsp3) is 0.455. The van der Waals surface area contributed by atoms with Crippen LogP contribution < -0.4 is 10.2 Å². The summed E-state index contributed by atoms with van der Waals surface area (Å²) < 4.78 is 0. The zero-order valence-electron chi connectivity index (χ0n) is 15.9. The van der Waals surface area contributed by atoms with Crippen molar-refractivity contribution in [2.75, 3.05) is 43.4 Å². The SMILES string of the molecule is CN1CCN(c2cccc(C3Nc4ccc(Cl)cc4CC3(C)C)c2)CC1. The van der Waals surface area contributed by atoms with Gasteiger partial charge in [-0.15, -0.1) is 0 Å². The molecule has 1 saturated heterocycles. The predicted octanol–water partition coefficient (Wildman–Crippen LogP) is 4.83. The van der Waals surface area contributed by atoms with E-state index in [1.807, 2.05) is 6.07 Å². The molecule has 1 N–H and O–H groups in total. The van der Waals surface area contributed by atoms with E-state index in [1.54, 1.807) is 0 Å². The van der Waals surface area contributed by atoms with Gasteiger partial charge in [-0.25, -0.2) is 0 Å². The lowest BCUT2D eigenvalue weighted by molar-refractivity contribution is 0.295. The molecule has 4 heteroatoms. The first kappa shape index (κ1) is 17.7. The van der Waals surface area contributed by atoms with Gasteiger partial charge in [-0.3, -0.25) is 0 Å². The lowest BCUT2D eigenvalue weighted by atomic mass is 9.73. The second kappa shape index (κ2) is 6.79. The molecule has 2 aromatic carbocycles. The van der Waals surface area contributed by atoms with Gasteiger partial charge in [0.2, 0.25) is 0 Å². The molecule has 0 amide bonds. The standard InChI is InChI=1S/C22H28ClN3/c1-22(2)15-17-13-18(23)7-8-20(17)24-21(22)16-5-4-6-19(14-16)26-11-9-25(3)10-12-26/h4-8,13-14,21,24H,9-12,15H2,1-3H3. The lowest BCUT2D eigenvalue weighted by Gasteiger charge is -2.42. The smallest absolute Gasteiger partial charge is 0.0568 e. The zero-order valence-corrected chi connectivity index (χ0v) is 16.7. The van der Waals surface area contributed by atoms with Gasteiger partial charge in [0.15, 0.2) is 0 Å². The molecule has 0 radical (unpaired) electrons. The number of rotatable bonds is 2. The van der Waals surface area contributed by atoms with Crippen LogP contribution in [0.15, 0.2) is 42.5 Å². The minimum Gasteiger partial charge on any atom is -0.377 e. The Labute approximate surface area is 161 Å². The van der Waals surface area contributed by atoms with Gasteiger partial charge in [0.05, 0.1) is 6.04 Å². The van der Waals surface area contributed by atoms with Gasteiger partial charge in [-0.2, -0.15) is 0 Å². The van der Waals surface area contributed by atoms with Gasteiger partial charge in [0.1, 0.15) is 0 Å². The van der Waals surface area contributed by atoms with Crippen molar-refractivity contribution >= 4 is 23.0 Å². The maximum absolute atomic E-state index is 6.20. The molecule has 2 aliphatic rings. The van der Waals surface area contributed by atoms with Crippen LogP contribution in [-0.4, -0.2) is 38.1 Å². The first-order valence-electron chi connectivity index (χ1n) is 9.51. The van der Waals surface area contributed by atoms with E-state index in [2.05, 4.69) is 72.4 Å². The lowest BCUT2D eigenvalue weighted by Crippen LogP contribution is -2.44. The van der Waals surface area contributed by atoms with E-state index in [0.717, 1.165) is 37.6 Å². The Morgan fingerprint density at radius 2 is 1.81 bits per heavy atom. The van der Waals surface area contributed by atoms with Crippen molar-refractivity contribution in [1.29, 1.82) is 0 Å². The summed E-state index contributed by atoms with van der Waals surface area (Å²) in [5, 5.41) is 4.60. The van der Waals surface area contributed by atoms with Crippen molar-refractivity contribution in [3.8, 4) is 0 Å². The third-order valence-electron chi connectivity index (χ3n) is 5.87. The Balaban J connectivity index is 1.62. The normalized spacial score (nSPS) is 22.6. The average molecular weight is 370 g/mol. The molecule has 0 aliphatic carbocycles. The largest absolute Gasteiger partial charge is 0.377 e. The zero-order chi connectivity index (χ0) is 18.3. The van der Waals surface area contributed by atoms with E-state index < -0.39 is 0 Å². The highest BCUT2D eigenvalue weighted by atomic mass is 35.5. The summed E-state index contributed by atoms with van der Waals surface area (Å²) in [5.41, 5.74) is 5.36. The second-order valence-electron chi connectivity index (χ2n) is 8.43. The Kier molecular flexibility index (Phi) is 4.62. The summed E-state index contributed by atoms with van der Waals surface area (Å²) in [7, 11) is 2.20. The molecule has 1 atom stereocenters. The van der Waals surface area contributed by atoms with E-state index >= 15 is 0 Å². The van der Waals surface area contributed by atoms with Gasteiger partial charge in [0, 0.05) is 42.6 Å². The van der Waals surface area contributed by atoms with E-state index in [9.17, 15) is 0 Å². The molecular weight excluding hydrogens is 342 g/mol. The molecule has 0 aromatic heterocycles. The summed E-state index contributed by atoms with van der Waals surface area (Å²) in [4.78, 5) is 4.90. The van der Waals surface area contributed by atoms with Crippen LogP contribution in [0.4, 0.5) is 11.4 Å². The quantitative estimate of drug-likeness (QED) is 0.818. The molecule has 1 unspecified atom stereocenters. The van der Waals surface area contributed by atoms with Crippen LogP contribution in [0.25, 0.3) is 0 Å². The molecule has 2 aliphatic heterocycles. The third-order valence-corrected chi connectivity index (χ3v) is 6.10. The number of benzene rings is 2. The van der Waals surface area contributed by atoms with Gasteiger partial charge < -0.3 is 15.1 Å². The minimum atomic E-state index is 0.123. The highest BCUT2D eigenvalue weighted by Gasteiger charge is 2.36. The number of nitrogens with one attached hydrogen (secondary N) is 1. The van der Waals surface area contributed by atoms with Crippen LogP contribution >= 0.6 is 11.6 Å². The van der Waals surface area contributed by atoms with E-state index in [1.165, 1.54) is 22.5 Å². The Morgan fingerprint density at radius 3 is 2.58 bits per heavy atom. The van der Waals surface area contributed by atoms with Crippen molar-refractivity contribution < 1.29 is 0 Å². The molecule has 3 nitrogen and oxygen atoms in total. The maximum atomic E-state index is 6.20. The molecule has 26 heavy (non-hydrogen) atoms. The van der Waals surface area contributed by atoms with Crippen molar-refractivity contribution in [3.05, 3.63) is 58.6 Å². The van der Waals surface area contributed by atoms with Crippen LogP contribution in [-0.2, 0) is 6.42 Å². The van der Waals surface area contributed by atoms with Crippen molar-refractivity contribution in [3.63, 3.8) is 0 Å². The summed E-state index contributed by atoms with van der Waals surface area (Å²) in [6, 6.07) is 15.6. The molecule has 0 saturated carbocycles. The van der Waals surface area contributed by atoms with Crippen molar-refractivity contribution in [2.24, 2.45) is 5.41 Å². The van der Waals surface area contributed by atoms with Gasteiger partial charge in [-0.1, -0.05) is 37.6 Å². The van der Waals surface area contributed by atoms with Gasteiger partial charge in [-0.05, 0) is 60.3 Å². The monoisotopic (exact) mass is 369 g/mol. The molecule has 1 fully saturated rings. The number of hydrogen-bond acceptors (Lipinski definition) is 3. The van der Waals surface area contributed by atoms with E-state index in [0.29, 0.717) is 6.04 Å². The van der Waals surface area contributed by atoms with Crippen LogP contribution in [0.3, 0.4) is 0 Å². The molecule has 138 valence electrons. The number of likely N-dealkylation sites (N-methyl/N-ethyl adjacent to an activating group) is 1. The molecule has 0 spiro atoms. The highest BCUT2D eigenvalue weighted by Crippen LogP contribution is 2.45. The molecule has 4 rings (SSSR count). The second-order valence-corrected chi connectivity index (χ2v) is 8.87. The topological polar surface area (TPSA) is 18.5 Å². The van der Waals surface area contributed by atoms with Crippen LogP contribution in [0.2, 0.25) is 5.02 Å². The number of halogens is 1. The van der Waals surface area contributed by atoms with Crippen LogP contribution in [0.5, 0.6) is 0 Å².